The second-order valence-electron chi connectivity index (χ2n) is 6.90. The van der Waals surface area contributed by atoms with Crippen molar-refractivity contribution in [2.24, 2.45) is 5.92 Å². The maximum Gasteiger partial charge on any atom is 0.255 e. The molecule has 7 nitrogen and oxygen atoms in total. The maximum atomic E-state index is 5.60. The van der Waals surface area contributed by atoms with Gasteiger partial charge in [0, 0.05) is 25.5 Å². The molecule has 0 N–H and O–H groups in total. The van der Waals surface area contributed by atoms with Gasteiger partial charge in [-0.1, -0.05) is 5.16 Å². The minimum absolute atomic E-state index is 0.00964. The molecule has 24 heavy (non-hydrogen) atoms. The fraction of sp³-hybridized carbons (Fsp3) is 0.706. The number of ether oxygens (including phenoxy) is 1. The van der Waals surface area contributed by atoms with E-state index in [-0.39, 0.29) is 6.10 Å². The summed E-state index contributed by atoms with van der Waals surface area (Å²) in [5.41, 5.74) is 0. The van der Waals surface area contributed by atoms with E-state index in [0.29, 0.717) is 5.89 Å². The predicted octanol–water partition coefficient (Wildman–Crippen LogP) is 2.34. The molecule has 1 atom stereocenters. The first kappa shape index (κ1) is 15.8. The number of likely N-dealkylation sites (tertiary alicyclic amines) is 1. The number of piperidine rings is 1. The van der Waals surface area contributed by atoms with E-state index in [9.17, 15) is 0 Å². The molecule has 0 bridgehead atoms. The Labute approximate surface area is 142 Å². The second kappa shape index (κ2) is 7.03. The molecule has 2 aliphatic rings. The van der Waals surface area contributed by atoms with Crippen LogP contribution in [-0.4, -0.2) is 44.3 Å². The lowest BCUT2D eigenvalue weighted by Crippen LogP contribution is -2.34. The molecule has 0 radical (unpaired) electrons. The van der Waals surface area contributed by atoms with Crippen LogP contribution in [0, 0.1) is 12.8 Å². The Bertz CT molecular complexity index is 653. The lowest BCUT2D eigenvalue weighted by atomic mass is 9.96. The molecule has 4 rings (SSSR count). The minimum Gasteiger partial charge on any atom is -0.368 e. The highest BCUT2D eigenvalue weighted by molar-refractivity contribution is 4.93. The Morgan fingerprint density at radius 1 is 1.25 bits per heavy atom. The zero-order valence-corrected chi connectivity index (χ0v) is 14.2. The molecule has 2 saturated heterocycles. The number of aromatic nitrogens is 4. The van der Waals surface area contributed by atoms with E-state index in [2.05, 4.69) is 37.7 Å². The second-order valence-corrected chi connectivity index (χ2v) is 6.90. The lowest BCUT2D eigenvalue weighted by Gasteiger charge is -2.31. The molecule has 0 spiro atoms. The van der Waals surface area contributed by atoms with E-state index < -0.39 is 0 Å². The van der Waals surface area contributed by atoms with Crippen molar-refractivity contribution in [3.63, 3.8) is 0 Å². The van der Waals surface area contributed by atoms with Crippen LogP contribution in [0.1, 0.15) is 49.3 Å². The summed E-state index contributed by atoms with van der Waals surface area (Å²) in [4.78, 5) is 11.2. The normalized spacial score (nSPS) is 23.1. The van der Waals surface area contributed by atoms with Crippen molar-refractivity contribution in [3.05, 3.63) is 29.9 Å². The molecule has 2 aromatic heterocycles. The van der Waals surface area contributed by atoms with Gasteiger partial charge in [0.2, 0.25) is 0 Å². The molecular weight excluding hydrogens is 306 g/mol. The van der Waals surface area contributed by atoms with Crippen molar-refractivity contribution in [1.82, 2.24) is 24.6 Å². The fourth-order valence-corrected chi connectivity index (χ4v) is 3.64. The predicted molar refractivity (Wildman–Crippen MR) is 87.2 cm³/mol. The Morgan fingerprint density at radius 3 is 2.83 bits per heavy atom. The zero-order chi connectivity index (χ0) is 16.4. The molecule has 2 fully saturated rings. The average molecular weight is 331 g/mol. The Morgan fingerprint density at radius 2 is 2.12 bits per heavy atom. The summed E-state index contributed by atoms with van der Waals surface area (Å²) in [7, 11) is 0. The number of nitrogens with zero attached hydrogens (tertiary/aromatic N) is 5. The van der Waals surface area contributed by atoms with Crippen molar-refractivity contribution < 1.29 is 9.26 Å². The van der Waals surface area contributed by atoms with Gasteiger partial charge >= 0.3 is 0 Å². The van der Waals surface area contributed by atoms with E-state index in [0.717, 1.165) is 63.2 Å². The molecule has 0 aromatic carbocycles. The minimum atomic E-state index is 0.00964. The number of aryl methyl sites for hydroxylation is 1. The van der Waals surface area contributed by atoms with Crippen LogP contribution >= 0.6 is 0 Å². The zero-order valence-electron chi connectivity index (χ0n) is 14.2. The molecule has 0 aliphatic carbocycles. The van der Waals surface area contributed by atoms with Crippen LogP contribution < -0.4 is 0 Å². The highest BCUT2D eigenvalue weighted by Crippen LogP contribution is 2.27. The number of imidazole rings is 1. The smallest absolute Gasteiger partial charge is 0.255 e. The Hall–Kier alpha value is -1.73. The quantitative estimate of drug-likeness (QED) is 0.837. The fourth-order valence-electron chi connectivity index (χ4n) is 3.64. The summed E-state index contributed by atoms with van der Waals surface area (Å²) in [6.07, 6.45) is 8.44. The van der Waals surface area contributed by atoms with Crippen LogP contribution in [0.15, 0.2) is 16.9 Å². The molecule has 0 amide bonds. The van der Waals surface area contributed by atoms with Crippen molar-refractivity contribution >= 4 is 0 Å². The van der Waals surface area contributed by atoms with Crippen molar-refractivity contribution in [2.75, 3.05) is 19.7 Å². The molecule has 4 heterocycles. The van der Waals surface area contributed by atoms with E-state index in [1.807, 2.05) is 6.20 Å². The Kier molecular flexibility index (Phi) is 4.62. The van der Waals surface area contributed by atoms with Gasteiger partial charge in [0.25, 0.3) is 5.89 Å². The van der Waals surface area contributed by atoms with Crippen molar-refractivity contribution in [3.8, 4) is 0 Å². The van der Waals surface area contributed by atoms with Gasteiger partial charge in [-0.2, -0.15) is 4.98 Å². The van der Waals surface area contributed by atoms with Crippen LogP contribution in [0.4, 0.5) is 0 Å². The van der Waals surface area contributed by atoms with Gasteiger partial charge in [-0.05, 0) is 51.6 Å². The Balaban J connectivity index is 1.26. The largest absolute Gasteiger partial charge is 0.368 e. The van der Waals surface area contributed by atoms with E-state index in [1.54, 1.807) is 0 Å². The van der Waals surface area contributed by atoms with Gasteiger partial charge in [0.05, 0.1) is 6.54 Å². The highest BCUT2D eigenvalue weighted by Gasteiger charge is 2.25. The van der Waals surface area contributed by atoms with Gasteiger partial charge in [-0.25, -0.2) is 4.98 Å². The first-order valence-corrected chi connectivity index (χ1v) is 8.92. The van der Waals surface area contributed by atoms with E-state index >= 15 is 0 Å². The van der Waals surface area contributed by atoms with Crippen LogP contribution in [-0.2, 0) is 17.8 Å². The third kappa shape index (κ3) is 3.52. The van der Waals surface area contributed by atoms with Crippen LogP contribution in [0.3, 0.4) is 0 Å². The molecule has 7 heteroatoms. The topological polar surface area (TPSA) is 69.2 Å². The summed E-state index contributed by atoms with van der Waals surface area (Å²) in [6.45, 7) is 6.88. The van der Waals surface area contributed by atoms with Gasteiger partial charge in [-0.3, -0.25) is 4.90 Å². The van der Waals surface area contributed by atoms with Crippen molar-refractivity contribution in [1.29, 1.82) is 0 Å². The van der Waals surface area contributed by atoms with Gasteiger partial charge in [0.1, 0.15) is 11.9 Å². The molecular formula is C17H25N5O2. The van der Waals surface area contributed by atoms with E-state index in [4.69, 9.17) is 9.26 Å². The summed E-state index contributed by atoms with van der Waals surface area (Å²) in [6, 6.07) is 0. The summed E-state index contributed by atoms with van der Waals surface area (Å²) in [5, 5.41) is 4.13. The highest BCUT2D eigenvalue weighted by atomic mass is 16.5. The van der Waals surface area contributed by atoms with Gasteiger partial charge in [-0.15, -0.1) is 0 Å². The molecule has 130 valence electrons. The molecule has 0 unspecified atom stereocenters. The van der Waals surface area contributed by atoms with Crippen LogP contribution in [0.25, 0.3) is 0 Å². The van der Waals surface area contributed by atoms with Crippen molar-refractivity contribution in [2.45, 2.75) is 51.8 Å². The summed E-state index contributed by atoms with van der Waals surface area (Å²) in [5.74, 6) is 3.25. The first-order valence-electron chi connectivity index (χ1n) is 8.92. The van der Waals surface area contributed by atoms with Gasteiger partial charge in [0.15, 0.2) is 5.82 Å². The summed E-state index contributed by atoms with van der Waals surface area (Å²) >= 11 is 0. The third-order valence-electron chi connectivity index (χ3n) is 5.14. The maximum absolute atomic E-state index is 5.60. The summed E-state index contributed by atoms with van der Waals surface area (Å²) < 4.78 is 13.2. The SMILES string of the molecule is Cc1nccn1CC1CCN(Cc2noc([C@H]3CCCO3)n2)CC1. The molecule has 0 saturated carbocycles. The van der Waals surface area contributed by atoms with Gasteiger partial charge < -0.3 is 13.8 Å². The molecule has 2 aliphatic heterocycles. The van der Waals surface area contributed by atoms with Crippen LogP contribution in [0.5, 0.6) is 0 Å². The van der Waals surface area contributed by atoms with Crippen LogP contribution in [0.2, 0.25) is 0 Å². The monoisotopic (exact) mass is 331 g/mol. The third-order valence-corrected chi connectivity index (χ3v) is 5.14. The standard InChI is InChI=1S/C17H25N5O2/c1-13-18-6-9-22(13)11-14-4-7-21(8-5-14)12-16-19-17(24-20-16)15-3-2-10-23-15/h6,9,14-15H,2-5,7-8,10-12H2,1H3/t15-/m1/s1. The number of hydrogen-bond acceptors (Lipinski definition) is 6. The average Bonchev–Trinajstić information content (AvgIpc) is 3.32. The van der Waals surface area contributed by atoms with E-state index in [1.165, 1.54) is 12.8 Å². The lowest BCUT2D eigenvalue weighted by molar-refractivity contribution is 0.0835. The number of rotatable bonds is 5. The first-order chi connectivity index (χ1) is 11.8. The number of hydrogen-bond donors (Lipinski definition) is 0. The molecule has 2 aromatic rings.